The molecule has 2 aromatic rings. The van der Waals surface area contributed by atoms with Crippen molar-refractivity contribution in [2.45, 2.75) is 59.5 Å². The quantitative estimate of drug-likeness (QED) is 0.806. The van der Waals surface area contributed by atoms with Crippen molar-refractivity contribution in [1.29, 1.82) is 0 Å². The fraction of sp³-hybridized carbons (Fsp3) is 0.571. The number of carbonyl (C=O) groups excluding carboxylic acids is 2. The number of nitrogens with one attached hydrogen (secondary N) is 1. The zero-order valence-electron chi connectivity index (χ0n) is 17.7. The van der Waals surface area contributed by atoms with Crippen LogP contribution in [0, 0.1) is 19.8 Å². The zero-order chi connectivity index (χ0) is 21.0. The molecule has 3 rings (SSSR count). The van der Waals surface area contributed by atoms with Crippen LogP contribution in [-0.2, 0) is 6.54 Å². The molecule has 29 heavy (non-hydrogen) atoms. The van der Waals surface area contributed by atoms with Crippen LogP contribution in [0.3, 0.4) is 0 Å². The third-order valence-corrected chi connectivity index (χ3v) is 5.54. The summed E-state index contributed by atoms with van der Waals surface area (Å²) in [5, 5.41) is 7.53. The Kier molecular flexibility index (Phi) is 6.61. The van der Waals surface area contributed by atoms with Gasteiger partial charge in [-0.1, -0.05) is 6.92 Å². The highest BCUT2D eigenvalue weighted by atomic mass is 16.2. The highest BCUT2D eigenvalue weighted by molar-refractivity contribution is 5.95. The van der Waals surface area contributed by atoms with Gasteiger partial charge >= 0.3 is 0 Å². The fourth-order valence-corrected chi connectivity index (χ4v) is 3.75. The summed E-state index contributed by atoms with van der Waals surface area (Å²) in [5.41, 5.74) is 2.56. The van der Waals surface area contributed by atoms with Crippen molar-refractivity contribution in [3.05, 3.63) is 41.2 Å². The Labute approximate surface area is 171 Å². The molecule has 8 nitrogen and oxygen atoms in total. The van der Waals surface area contributed by atoms with Gasteiger partial charge in [-0.15, -0.1) is 0 Å². The van der Waals surface area contributed by atoms with Crippen LogP contribution < -0.4 is 5.32 Å². The number of rotatable bonds is 6. The molecule has 2 aromatic heterocycles. The molecule has 0 unspecified atom stereocenters. The maximum atomic E-state index is 12.7. The number of hydrogen-bond acceptors (Lipinski definition) is 5. The Balaban J connectivity index is 1.53. The molecule has 0 radical (unpaired) electrons. The Hall–Kier alpha value is -2.77. The topological polar surface area (TPSA) is 93.0 Å². The van der Waals surface area contributed by atoms with Gasteiger partial charge in [0, 0.05) is 38.1 Å². The van der Waals surface area contributed by atoms with E-state index in [0.29, 0.717) is 30.3 Å². The molecule has 0 spiro atoms. The first-order valence-corrected chi connectivity index (χ1v) is 10.3. The lowest BCUT2D eigenvalue weighted by atomic mass is 9.90. The van der Waals surface area contributed by atoms with Gasteiger partial charge < -0.3 is 10.2 Å². The summed E-state index contributed by atoms with van der Waals surface area (Å²) in [6.07, 6.45) is 7.64. The van der Waals surface area contributed by atoms with Gasteiger partial charge in [0.05, 0.1) is 23.1 Å². The summed E-state index contributed by atoms with van der Waals surface area (Å²) in [5.74, 6) is 0.176. The normalized spacial score (nSPS) is 15.9. The maximum absolute atomic E-state index is 12.7. The first-order valence-electron chi connectivity index (χ1n) is 10.3. The summed E-state index contributed by atoms with van der Waals surface area (Å²) < 4.78 is 1.83. The molecule has 8 heteroatoms. The summed E-state index contributed by atoms with van der Waals surface area (Å²) in [7, 11) is 0. The van der Waals surface area contributed by atoms with Gasteiger partial charge in [0.15, 0.2) is 0 Å². The van der Waals surface area contributed by atoms with E-state index in [1.54, 1.807) is 6.20 Å². The monoisotopic (exact) mass is 398 g/mol. The van der Waals surface area contributed by atoms with Crippen LogP contribution in [0.25, 0.3) is 0 Å². The van der Waals surface area contributed by atoms with E-state index >= 15 is 0 Å². The molecule has 2 amide bonds. The lowest BCUT2D eigenvalue weighted by Gasteiger charge is -2.35. The molecule has 0 aromatic carbocycles. The number of aromatic nitrogens is 4. The van der Waals surface area contributed by atoms with E-state index in [0.717, 1.165) is 37.2 Å². The summed E-state index contributed by atoms with van der Waals surface area (Å²) in [4.78, 5) is 35.4. The van der Waals surface area contributed by atoms with Crippen LogP contribution in [0.4, 0.5) is 0 Å². The summed E-state index contributed by atoms with van der Waals surface area (Å²) in [6.45, 7) is 9.96. The van der Waals surface area contributed by atoms with Gasteiger partial charge in [0.25, 0.3) is 11.8 Å². The van der Waals surface area contributed by atoms with Crippen molar-refractivity contribution in [3.8, 4) is 0 Å². The maximum Gasteiger partial charge on any atom is 0.274 e. The predicted octanol–water partition coefficient (Wildman–Crippen LogP) is 2.37. The third kappa shape index (κ3) is 4.99. The Morgan fingerprint density at radius 3 is 2.55 bits per heavy atom. The average Bonchev–Trinajstić information content (AvgIpc) is 3.08. The minimum atomic E-state index is -0.0780. The largest absolute Gasteiger partial charge is 0.349 e. The molecule has 1 N–H and O–H groups in total. The molecule has 1 aliphatic heterocycles. The molecule has 3 heterocycles. The SMILES string of the molecule is CCCn1cc(C(=O)N[C@H](C)C2CCN(C(=O)c3cnc(C)cn3)CC2)c(C)n1. The first kappa shape index (κ1) is 21.0. The molecule has 1 saturated heterocycles. The number of hydrogen-bond donors (Lipinski definition) is 1. The van der Waals surface area contributed by atoms with Crippen molar-refractivity contribution in [3.63, 3.8) is 0 Å². The number of amides is 2. The molecule has 1 aliphatic rings. The van der Waals surface area contributed by atoms with Crippen LogP contribution in [0.5, 0.6) is 0 Å². The van der Waals surface area contributed by atoms with Crippen molar-refractivity contribution in [2.75, 3.05) is 13.1 Å². The molecular weight excluding hydrogens is 368 g/mol. The number of nitrogens with zero attached hydrogens (tertiary/aromatic N) is 5. The first-order chi connectivity index (χ1) is 13.9. The second-order valence-corrected chi connectivity index (χ2v) is 7.83. The van der Waals surface area contributed by atoms with Crippen molar-refractivity contribution in [2.24, 2.45) is 5.92 Å². The highest BCUT2D eigenvalue weighted by Crippen LogP contribution is 2.22. The molecule has 0 aliphatic carbocycles. The van der Waals surface area contributed by atoms with Crippen molar-refractivity contribution >= 4 is 11.8 Å². The summed E-state index contributed by atoms with van der Waals surface area (Å²) in [6, 6.07) is 0.0350. The van der Waals surface area contributed by atoms with Crippen molar-refractivity contribution in [1.82, 2.24) is 30.0 Å². The van der Waals surface area contributed by atoms with Gasteiger partial charge in [0.1, 0.15) is 5.69 Å². The van der Waals surface area contributed by atoms with E-state index in [2.05, 4.69) is 27.3 Å². The van der Waals surface area contributed by atoms with Crippen LogP contribution in [-0.4, -0.2) is 55.6 Å². The van der Waals surface area contributed by atoms with Crippen molar-refractivity contribution < 1.29 is 9.59 Å². The lowest BCUT2D eigenvalue weighted by molar-refractivity contribution is 0.0657. The zero-order valence-corrected chi connectivity index (χ0v) is 17.7. The Morgan fingerprint density at radius 1 is 1.21 bits per heavy atom. The number of aryl methyl sites for hydroxylation is 3. The van der Waals surface area contributed by atoms with Gasteiger partial charge in [-0.3, -0.25) is 19.3 Å². The minimum absolute atomic E-state index is 0.0350. The number of likely N-dealkylation sites (tertiary alicyclic amines) is 1. The van der Waals surface area contributed by atoms with Gasteiger partial charge in [-0.25, -0.2) is 4.98 Å². The van der Waals surface area contributed by atoms with Gasteiger partial charge in [0.2, 0.25) is 0 Å². The Morgan fingerprint density at radius 2 is 1.93 bits per heavy atom. The second kappa shape index (κ2) is 9.15. The molecule has 1 fully saturated rings. The van der Waals surface area contributed by atoms with E-state index in [9.17, 15) is 9.59 Å². The van der Waals surface area contributed by atoms with E-state index in [1.165, 1.54) is 6.20 Å². The molecule has 1 atom stereocenters. The average molecular weight is 399 g/mol. The lowest BCUT2D eigenvalue weighted by Crippen LogP contribution is -2.45. The fourth-order valence-electron chi connectivity index (χ4n) is 3.75. The van der Waals surface area contributed by atoms with Crippen LogP contribution in [0.2, 0.25) is 0 Å². The standard InChI is InChI=1S/C21H30N6O2/c1-5-8-27-13-18(16(4)25-27)20(28)24-15(3)17-6-9-26(10-7-17)21(29)19-12-22-14(2)11-23-19/h11-13,15,17H,5-10H2,1-4H3,(H,24,28)/t15-/m1/s1. The van der Waals surface area contributed by atoms with Gasteiger partial charge in [-0.05, 0) is 46.0 Å². The minimum Gasteiger partial charge on any atom is -0.349 e. The number of carbonyl (C=O) groups is 2. The Bertz CT molecular complexity index is 853. The molecule has 0 saturated carbocycles. The molecule has 156 valence electrons. The van der Waals surface area contributed by atoms with E-state index in [1.807, 2.05) is 36.5 Å². The van der Waals surface area contributed by atoms with Crippen LogP contribution in [0.15, 0.2) is 18.6 Å². The third-order valence-electron chi connectivity index (χ3n) is 5.54. The summed E-state index contributed by atoms with van der Waals surface area (Å²) >= 11 is 0. The molecule has 0 bridgehead atoms. The van der Waals surface area contributed by atoms with E-state index < -0.39 is 0 Å². The highest BCUT2D eigenvalue weighted by Gasteiger charge is 2.28. The van der Waals surface area contributed by atoms with Crippen LogP contribution >= 0.6 is 0 Å². The number of piperidine rings is 1. The second-order valence-electron chi connectivity index (χ2n) is 7.83. The molecular formula is C21H30N6O2. The smallest absolute Gasteiger partial charge is 0.274 e. The van der Waals surface area contributed by atoms with Crippen LogP contribution in [0.1, 0.15) is 65.3 Å². The predicted molar refractivity (Wildman–Crippen MR) is 110 cm³/mol. The van der Waals surface area contributed by atoms with Gasteiger partial charge in [-0.2, -0.15) is 5.10 Å². The van der Waals surface area contributed by atoms with E-state index in [4.69, 9.17) is 0 Å². The van der Waals surface area contributed by atoms with E-state index in [-0.39, 0.29) is 17.9 Å².